The molecule has 0 saturated carbocycles. The molecular weight excluding hydrogens is 357 g/mol. The summed E-state index contributed by atoms with van der Waals surface area (Å²) in [4.78, 5) is 33.7. The molecule has 1 aromatic heterocycles. The Morgan fingerprint density at radius 3 is 2.54 bits per heavy atom. The van der Waals surface area contributed by atoms with Gasteiger partial charge in [0, 0.05) is 37.8 Å². The molecule has 1 aliphatic heterocycles. The Bertz CT molecular complexity index is 808. The Balaban J connectivity index is 1.79. The van der Waals surface area contributed by atoms with Crippen LogP contribution in [0.2, 0.25) is 0 Å². The third kappa shape index (κ3) is 4.74. The van der Waals surface area contributed by atoms with Crippen molar-refractivity contribution in [1.29, 1.82) is 0 Å². The van der Waals surface area contributed by atoms with Crippen LogP contribution in [0.1, 0.15) is 48.8 Å². The van der Waals surface area contributed by atoms with Gasteiger partial charge >= 0.3 is 0 Å². The summed E-state index contributed by atoms with van der Waals surface area (Å²) in [6.07, 6.45) is 3.03. The quantitative estimate of drug-likeness (QED) is 0.791. The molecule has 2 amide bonds. The van der Waals surface area contributed by atoms with Gasteiger partial charge in [0.2, 0.25) is 5.91 Å². The molecule has 148 valence electrons. The Morgan fingerprint density at radius 2 is 1.89 bits per heavy atom. The van der Waals surface area contributed by atoms with Gasteiger partial charge < -0.3 is 9.80 Å². The summed E-state index contributed by atoms with van der Waals surface area (Å²) < 4.78 is 13.2. The second-order valence-electron chi connectivity index (χ2n) is 7.55. The first-order valence-corrected chi connectivity index (χ1v) is 9.71. The topological polar surface area (TPSA) is 53.5 Å². The van der Waals surface area contributed by atoms with Crippen molar-refractivity contribution in [2.45, 2.75) is 32.7 Å². The molecule has 1 fully saturated rings. The van der Waals surface area contributed by atoms with Crippen molar-refractivity contribution < 1.29 is 14.0 Å². The third-order valence-electron chi connectivity index (χ3n) is 5.04. The van der Waals surface area contributed by atoms with E-state index in [-0.39, 0.29) is 23.7 Å². The van der Waals surface area contributed by atoms with Gasteiger partial charge in [0.25, 0.3) is 5.91 Å². The fourth-order valence-electron chi connectivity index (χ4n) is 3.42. The number of nitrogens with zero attached hydrogens (tertiary/aromatic N) is 3. The molecule has 28 heavy (non-hydrogen) atoms. The van der Waals surface area contributed by atoms with Gasteiger partial charge in [-0.2, -0.15) is 0 Å². The largest absolute Gasteiger partial charge is 0.334 e. The first kappa shape index (κ1) is 20.0. The number of carbonyl (C=O) groups excluding carboxylic acids is 2. The molecule has 1 aliphatic rings. The van der Waals surface area contributed by atoms with Crippen LogP contribution in [0.25, 0.3) is 0 Å². The molecule has 5 nitrogen and oxygen atoms in total. The van der Waals surface area contributed by atoms with Crippen LogP contribution in [0.5, 0.6) is 0 Å². The lowest BCUT2D eigenvalue weighted by molar-refractivity contribution is -0.136. The summed E-state index contributed by atoms with van der Waals surface area (Å²) in [5, 5.41) is 0. The third-order valence-corrected chi connectivity index (χ3v) is 5.04. The molecule has 0 spiro atoms. The minimum absolute atomic E-state index is 0.0956. The number of hydrogen-bond acceptors (Lipinski definition) is 3. The zero-order valence-corrected chi connectivity index (χ0v) is 16.3. The number of pyridine rings is 1. The minimum Gasteiger partial charge on any atom is -0.334 e. The van der Waals surface area contributed by atoms with Gasteiger partial charge in [0.1, 0.15) is 5.82 Å². The maximum atomic E-state index is 13.2. The maximum Gasteiger partial charge on any atom is 0.253 e. The zero-order chi connectivity index (χ0) is 20.1. The fourth-order valence-corrected chi connectivity index (χ4v) is 3.42. The molecule has 2 aromatic rings. The second kappa shape index (κ2) is 8.95. The molecule has 0 aliphatic carbocycles. The lowest BCUT2D eigenvalue weighted by Gasteiger charge is -2.41. The molecule has 1 saturated heterocycles. The van der Waals surface area contributed by atoms with E-state index in [2.05, 4.69) is 18.8 Å². The van der Waals surface area contributed by atoms with E-state index in [9.17, 15) is 14.0 Å². The lowest BCUT2D eigenvalue weighted by atomic mass is 10.0. The van der Waals surface area contributed by atoms with E-state index in [0.717, 1.165) is 12.1 Å². The monoisotopic (exact) mass is 383 g/mol. The van der Waals surface area contributed by atoms with Crippen LogP contribution < -0.4 is 0 Å². The number of benzene rings is 1. The van der Waals surface area contributed by atoms with E-state index >= 15 is 0 Å². The van der Waals surface area contributed by atoms with Crippen molar-refractivity contribution in [3.63, 3.8) is 0 Å². The van der Waals surface area contributed by atoms with Gasteiger partial charge in [0.05, 0.1) is 11.7 Å². The standard InChI is InChI=1S/C22H26FN3O2/c1-16(2)6-11-21(27)26-14-13-25(15-20(26)19-5-3-4-12-24-19)22(28)17-7-9-18(23)10-8-17/h3-5,7-10,12,16,20H,6,11,13-15H2,1-2H3. The van der Waals surface area contributed by atoms with Gasteiger partial charge in [-0.3, -0.25) is 14.6 Å². The number of hydrogen-bond donors (Lipinski definition) is 0. The molecule has 0 N–H and O–H groups in total. The maximum absolute atomic E-state index is 13.2. The molecule has 1 aromatic carbocycles. The highest BCUT2D eigenvalue weighted by Crippen LogP contribution is 2.26. The average Bonchev–Trinajstić information content (AvgIpc) is 2.72. The van der Waals surface area contributed by atoms with E-state index < -0.39 is 0 Å². The normalized spacial score (nSPS) is 17.1. The van der Waals surface area contributed by atoms with Crippen LogP contribution in [0, 0.1) is 11.7 Å². The number of carbonyl (C=O) groups is 2. The van der Waals surface area contributed by atoms with E-state index in [1.54, 1.807) is 11.1 Å². The van der Waals surface area contributed by atoms with E-state index in [0.29, 0.717) is 37.5 Å². The first-order valence-electron chi connectivity index (χ1n) is 9.71. The van der Waals surface area contributed by atoms with Gasteiger partial charge in [-0.1, -0.05) is 19.9 Å². The fraction of sp³-hybridized carbons (Fsp3) is 0.409. The number of aromatic nitrogens is 1. The Labute approximate surface area is 165 Å². The molecule has 1 unspecified atom stereocenters. The summed E-state index contributed by atoms with van der Waals surface area (Å²) in [5.41, 5.74) is 1.22. The summed E-state index contributed by atoms with van der Waals surface area (Å²) in [7, 11) is 0. The van der Waals surface area contributed by atoms with Crippen molar-refractivity contribution >= 4 is 11.8 Å². The number of piperazine rings is 1. The van der Waals surface area contributed by atoms with Gasteiger partial charge in [-0.25, -0.2) is 4.39 Å². The van der Waals surface area contributed by atoms with Crippen LogP contribution in [0.4, 0.5) is 4.39 Å². The molecule has 0 bridgehead atoms. The molecular formula is C22H26FN3O2. The summed E-state index contributed by atoms with van der Waals surface area (Å²) >= 11 is 0. The highest BCUT2D eigenvalue weighted by Gasteiger charge is 2.34. The number of halogens is 1. The summed E-state index contributed by atoms with van der Waals surface area (Å²) in [6, 6.07) is 10.9. The summed E-state index contributed by atoms with van der Waals surface area (Å²) in [5.74, 6) is 0.0236. The second-order valence-corrected chi connectivity index (χ2v) is 7.55. The van der Waals surface area contributed by atoms with Crippen molar-refractivity contribution in [2.24, 2.45) is 5.92 Å². The zero-order valence-electron chi connectivity index (χ0n) is 16.3. The Hall–Kier alpha value is -2.76. The summed E-state index contributed by atoms with van der Waals surface area (Å²) in [6.45, 7) is 5.49. The van der Waals surface area contributed by atoms with E-state index in [4.69, 9.17) is 0 Å². The van der Waals surface area contributed by atoms with Crippen molar-refractivity contribution in [2.75, 3.05) is 19.6 Å². The molecule has 2 heterocycles. The van der Waals surface area contributed by atoms with Gasteiger partial charge in [-0.05, 0) is 48.7 Å². The number of amides is 2. The molecule has 0 radical (unpaired) electrons. The molecule has 3 rings (SSSR count). The predicted octanol–water partition coefficient (Wildman–Crippen LogP) is 3.68. The van der Waals surface area contributed by atoms with Crippen LogP contribution in [0.3, 0.4) is 0 Å². The molecule has 6 heteroatoms. The van der Waals surface area contributed by atoms with Gasteiger partial charge in [-0.15, -0.1) is 0 Å². The van der Waals surface area contributed by atoms with Crippen molar-refractivity contribution in [1.82, 2.24) is 14.8 Å². The van der Waals surface area contributed by atoms with Crippen LogP contribution in [-0.4, -0.2) is 46.2 Å². The highest BCUT2D eigenvalue weighted by atomic mass is 19.1. The lowest BCUT2D eigenvalue weighted by Crippen LogP contribution is -2.52. The van der Waals surface area contributed by atoms with Crippen molar-refractivity contribution in [3.8, 4) is 0 Å². The van der Waals surface area contributed by atoms with Crippen LogP contribution in [-0.2, 0) is 4.79 Å². The highest BCUT2D eigenvalue weighted by molar-refractivity contribution is 5.94. The predicted molar refractivity (Wildman–Crippen MR) is 105 cm³/mol. The van der Waals surface area contributed by atoms with E-state index in [1.807, 2.05) is 23.1 Å². The SMILES string of the molecule is CC(C)CCC(=O)N1CCN(C(=O)c2ccc(F)cc2)CC1c1ccccn1. The smallest absolute Gasteiger partial charge is 0.253 e. The number of rotatable bonds is 5. The van der Waals surface area contributed by atoms with Gasteiger partial charge in [0.15, 0.2) is 0 Å². The first-order chi connectivity index (χ1) is 13.5. The van der Waals surface area contributed by atoms with Crippen molar-refractivity contribution in [3.05, 3.63) is 65.7 Å². The average molecular weight is 383 g/mol. The van der Waals surface area contributed by atoms with Crippen LogP contribution in [0.15, 0.2) is 48.7 Å². The Morgan fingerprint density at radius 1 is 1.14 bits per heavy atom. The van der Waals surface area contributed by atoms with Crippen LogP contribution >= 0.6 is 0 Å². The Kier molecular flexibility index (Phi) is 6.39. The minimum atomic E-state index is -0.372. The van der Waals surface area contributed by atoms with E-state index in [1.165, 1.54) is 24.3 Å². The molecule has 1 atom stereocenters.